The van der Waals surface area contributed by atoms with E-state index in [9.17, 15) is 4.39 Å². The second-order valence-electron chi connectivity index (χ2n) is 4.34. The Morgan fingerprint density at radius 1 is 1.59 bits per heavy atom. The van der Waals surface area contributed by atoms with Gasteiger partial charge in [0, 0.05) is 18.6 Å². The zero-order valence-electron chi connectivity index (χ0n) is 9.41. The maximum atomic E-state index is 13.6. The first-order valence-corrected chi connectivity index (χ1v) is 5.59. The lowest BCUT2D eigenvalue weighted by Crippen LogP contribution is -2.49. The van der Waals surface area contributed by atoms with Gasteiger partial charge in [0.15, 0.2) is 0 Å². The van der Waals surface area contributed by atoms with Crippen LogP contribution in [-0.4, -0.2) is 26.8 Å². The van der Waals surface area contributed by atoms with Crippen LogP contribution in [0.15, 0.2) is 18.2 Å². The Hall–Kier alpha value is -1.31. The Morgan fingerprint density at radius 2 is 2.29 bits per heavy atom. The first-order chi connectivity index (χ1) is 8.06. The van der Waals surface area contributed by atoms with Gasteiger partial charge in [0.2, 0.25) is 0 Å². The summed E-state index contributed by atoms with van der Waals surface area (Å²) >= 11 is 5.83. The largest absolute Gasteiger partial charge is 0.378 e. The molecule has 2 rings (SSSR count). The molecule has 0 bridgehead atoms. The highest BCUT2D eigenvalue weighted by molar-refractivity contribution is 6.30. The molecule has 0 aliphatic carbocycles. The minimum absolute atomic E-state index is 0.342. The molecule has 1 aromatic rings. The number of hydrogen-bond donors (Lipinski definition) is 0. The van der Waals surface area contributed by atoms with Gasteiger partial charge in [-0.1, -0.05) is 11.6 Å². The monoisotopic (exact) mass is 254 g/mol. The van der Waals surface area contributed by atoms with Crippen molar-refractivity contribution in [1.29, 1.82) is 5.26 Å². The van der Waals surface area contributed by atoms with Crippen molar-refractivity contribution in [2.24, 2.45) is 5.41 Å². The smallest absolute Gasteiger partial charge is 0.146 e. The number of nitriles is 1. The van der Waals surface area contributed by atoms with Crippen molar-refractivity contribution in [1.82, 2.24) is 0 Å². The van der Waals surface area contributed by atoms with E-state index >= 15 is 0 Å². The molecule has 0 radical (unpaired) electrons. The standard InChI is InChI=1S/C12H12ClFN2O/c1-16(6-12(5-15)7-17-8-12)11-4-9(13)2-3-10(11)14/h2-4H,6-8H2,1H3. The molecule has 0 saturated carbocycles. The first kappa shape index (κ1) is 12.2. The number of ether oxygens (including phenoxy) is 1. The van der Waals surface area contributed by atoms with E-state index in [0.29, 0.717) is 30.5 Å². The van der Waals surface area contributed by atoms with Gasteiger partial charge in [0.25, 0.3) is 0 Å². The van der Waals surface area contributed by atoms with E-state index < -0.39 is 5.41 Å². The Bertz CT molecular complexity index is 468. The van der Waals surface area contributed by atoms with E-state index in [1.54, 1.807) is 18.0 Å². The van der Waals surface area contributed by atoms with Gasteiger partial charge in [0.05, 0.1) is 25.0 Å². The third-order valence-electron chi connectivity index (χ3n) is 2.85. The van der Waals surface area contributed by atoms with Crippen LogP contribution in [-0.2, 0) is 4.74 Å². The molecule has 3 nitrogen and oxygen atoms in total. The molecule has 0 spiro atoms. The van der Waals surface area contributed by atoms with E-state index in [2.05, 4.69) is 6.07 Å². The topological polar surface area (TPSA) is 36.3 Å². The first-order valence-electron chi connectivity index (χ1n) is 5.21. The van der Waals surface area contributed by atoms with Gasteiger partial charge in [-0.05, 0) is 18.2 Å². The highest BCUT2D eigenvalue weighted by Gasteiger charge is 2.40. The van der Waals surface area contributed by atoms with Crippen molar-refractivity contribution in [3.05, 3.63) is 29.0 Å². The number of halogens is 2. The molecule has 5 heteroatoms. The summed E-state index contributed by atoms with van der Waals surface area (Å²) < 4.78 is 18.7. The molecule has 0 amide bonds. The van der Waals surface area contributed by atoms with Crippen LogP contribution in [0.1, 0.15) is 0 Å². The van der Waals surface area contributed by atoms with E-state index in [1.807, 2.05) is 0 Å². The zero-order valence-corrected chi connectivity index (χ0v) is 10.2. The fourth-order valence-electron chi connectivity index (χ4n) is 1.86. The molecular weight excluding hydrogens is 243 g/mol. The maximum Gasteiger partial charge on any atom is 0.146 e. The molecule has 0 aromatic heterocycles. The van der Waals surface area contributed by atoms with Crippen LogP contribution in [0.3, 0.4) is 0 Å². The summed E-state index contributed by atoms with van der Waals surface area (Å²) in [5.41, 5.74) is -0.122. The van der Waals surface area contributed by atoms with Gasteiger partial charge >= 0.3 is 0 Å². The molecule has 0 N–H and O–H groups in total. The van der Waals surface area contributed by atoms with Crippen LogP contribution in [0.5, 0.6) is 0 Å². The molecule has 1 heterocycles. The molecule has 17 heavy (non-hydrogen) atoms. The molecule has 1 aliphatic heterocycles. The average Bonchev–Trinajstić information content (AvgIpc) is 2.26. The number of anilines is 1. The lowest BCUT2D eigenvalue weighted by atomic mass is 9.87. The van der Waals surface area contributed by atoms with Crippen molar-refractivity contribution in [3.63, 3.8) is 0 Å². The second-order valence-corrected chi connectivity index (χ2v) is 4.77. The van der Waals surface area contributed by atoms with Crippen molar-refractivity contribution in [2.45, 2.75) is 0 Å². The Balaban J connectivity index is 2.17. The minimum atomic E-state index is -0.524. The van der Waals surface area contributed by atoms with E-state index in [4.69, 9.17) is 21.6 Å². The quantitative estimate of drug-likeness (QED) is 0.831. The molecule has 0 unspecified atom stereocenters. The third-order valence-corrected chi connectivity index (χ3v) is 3.09. The summed E-state index contributed by atoms with van der Waals surface area (Å²) in [7, 11) is 1.74. The predicted octanol–water partition coefficient (Wildman–Crippen LogP) is 2.46. The van der Waals surface area contributed by atoms with Crippen LogP contribution < -0.4 is 4.90 Å². The van der Waals surface area contributed by atoms with Gasteiger partial charge < -0.3 is 9.64 Å². The fourth-order valence-corrected chi connectivity index (χ4v) is 2.02. The normalized spacial score (nSPS) is 17.1. The molecule has 1 fully saturated rings. The summed E-state index contributed by atoms with van der Waals surface area (Å²) in [5.74, 6) is -0.342. The predicted molar refractivity (Wildman–Crippen MR) is 63.5 cm³/mol. The second kappa shape index (κ2) is 4.52. The Labute approximate surface area is 104 Å². The van der Waals surface area contributed by atoms with Gasteiger partial charge in [-0.25, -0.2) is 4.39 Å². The summed E-state index contributed by atoms with van der Waals surface area (Å²) in [4.78, 5) is 1.70. The maximum absolute atomic E-state index is 13.6. The Kier molecular flexibility index (Phi) is 3.23. The molecule has 0 atom stereocenters. The fraction of sp³-hybridized carbons (Fsp3) is 0.417. The summed E-state index contributed by atoms with van der Waals surface area (Å²) in [6.07, 6.45) is 0. The lowest BCUT2D eigenvalue weighted by molar-refractivity contribution is -0.0717. The molecule has 1 aromatic carbocycles. The van der Waals surface area contributed by atoms with E-state index in [1.165, 1.54) is 12.1 Å². The van der Waals surface area contributed by atoms with Crippen LogP contribution >= 0.6 is 11.6 Å². The molecular formula is C12H12ClFN2O. The van der Waals surface area contributed by atoms with Crippen LogP contribution in [0.4, 0.5) is 10.1 Å². The highest BCUT2D eigenvalue weighted by Crippen LogP contribution is 2.30. The number of hydrogen-bond acceptors (Lipinski definition) is 3. The van der Waals surface area contributed by atoms with Crippen LogP contribution in [0.25, 0.3) is 0 Å². The van der Waals surface area contributed by atoms with Crippen molar-refractivity contribution in [2.75, 3.05) is 31.7 Å². The van der Waals surface area contributed by atoms with Gasteiger partial charge in [0.1, 0.15) is 11.2 Å². The van der Waals surface area contributed by atoms with E-state index in [-0.39, 0.29) is 5.82 Å². The van der Waals surface area contributed by atoms with Gasteiger partial charge in [-0.15, -0.1) is 0 Å². The van der Waals surface area contributed by atoms with Crippen molar-refractivity contribution >= 4 is 17.3 Å². The van der Waals surface area contributed by atoms with Crippen LogP contribution in [0, 0.1) is 22.6 Å². The summed E-state index contributed by atoms with van der Waals surface area (Å²) in [5, 5.41) is 9.56. The highest BCUT2D eigenvalue weighted by atomic mass is 35.5. The number of benzene rings is 1. The Morgan fingerprint density at radius 3 is 2.82 bits per heavy atom. The molecule has 90 valence electrons. The zero-order chi connectivity index (χ0) is 12.5. The van der Waals surface area contributed by atoms with Crippen molar-refractivity contribution < 1.29 is 9.13 Å². The van der Waals surface area contributed by atoms with Gasteiger partial charge in [-0.2, -0.15) is 5.26 Å². The summed E-state index contributed by atoms with van der Waals surface area (Å²) in [6.45, 7) is 1.23. The molecule has 1 aliphatic rings. The van der Waals surface area contributed by atoms with E-state index in [0.717, 1.165) is 0 Å². The average molecular weight is 255 g/mol. The SMILES string of the molecule is CN(CC1(C#N)COC1)c1cc(Cl)ccc1F. The number of rotatable bonds is 3. The lowest BCUT2D eigenvalue weighted by Gasteiger charge is -2.38. The minimum Gasteiger partial charge on any atom is -0.378 e. The van der Waals surface area contributed by atoms with Crippen LogP contribution in [0.2, 0.25) is 5.02 Å². The van der Waals surface area contributed by atoms with Crippen molar-refractivity contribution in [3.8, 4) is 6.07 Å². The third kappa shape index (κ3) is 2.36. The summed E-state index contributed by atoms with van der Waals surface area (Å²) in [6, 6.07) is 6.61. The van der Waals surface area contributed by atoms with Gasteiger partial charge in [-0.3, -0.25) is 0 Å². The number of nitrogens with zero attached hydrogens (tertiary/aromatic N) is 2. The molecule has 1 saturated heterocycles.